The monoisotopic (exact) mass is 257 g/mol. The third kappa shape index (κ3) is 2.82. The lowest BCUT2D eigenvalue weighted by molar-refractivity contribution is 0.356. The number of aryl methyl sites for hydroxylation is 1. The maximum Gasteiger partial charge on any atom is 0.0523 e. The number of piperidine rings is 1. The van der Waals surface area contributed by atoms with Gasteiger partial charge in [0.25, 0.3) is 0 Å². The minimum atomic E-state index is 0.842. The Kier molecular flexibility index (Phi) is 3.85. The molecule has 0 bridgehead atoms. The number of hydrogen-bond acceptors (Lipinski definition) is 2. The van der Waals surface area contributed by atoms with Crippen LogP contribution in [0.3, 0.4) is 0 Å². The van der Waals surface area contributed by atoms with E-state index in [0.717, 1.165) is 19.0 Å². The van der Waals surface area contributed by atoms with Gasteiger partial charge in [0, 0.05) is 19.8 Å². The maximum atomic E-state index is 3.64. The van der Waals surface area contributed by atoms with Crippen molar-refractivity contribution in [2.75, 3.05) is 19.6 Å². The van der Waals surface area contributed by atoms with Crippen molar-refractivity contribution >= 4 is 10.9 Å². The van der Waals surface area contributed by atoms with Gasteiger partial charge in [-0.15, -0.1) is 0 Å². The number of nitrogens with zero attached hydrogens (tertiary/aromatic N) is 1. The fourth-order valence-electron chi connectivity index (χ4n) is 3.08. The van der Waals surface area contributed by atoms with E-state index in [9.17, 15) is 0 Å². The fraction of sp³-hybridized carbons (Fsp3) is 0.500. The Labute approximate surface area is 115 Å². The molecule has 0 aliphatic carbocycles. The van der Waals surface area contributed by atoms with Crippen LogP contribution in [-0.4, -0.2) is 24.2 Å². The number of aromatic nitrogens is 1. The zero-order chi connectivity index (χ0) is 13.1. The highest BCUT2D eigenvalue weighted by Gasteiger charge is 2.12. The van der Waals surface area contributed by atoms with E-state index in [4.69, 9.17) is 0 Å². The number of nitrogens with one attached hydrogen (secondary N) is 2. The summed E-state index contributed by atoms with van der Waals surface area (Å²) in [6, 6.07) is 8.76. The molecule has 0 amide bonds. The molecule has 102 valence electrons. The number of fused-ring (bicyclic) bond motifs is 1. The second-order valence-electron chi connectivity index (χ2n) is 5.61. The van der Waals surface area contributed by atoms with Gasteiger partial charge in [0.05, 0.1) is 5.52 Å². The molecule has 1 saturated heterocycles. The normalized spacial score (nSPS) is 17.1. The predicted octanol–water partition coefficient (Wildman–Crippen LogP) is 2.27. The Morgan fingerprint density at radius 1 is 1.26 bits per heavy atom. The summed E-state index contributed by atoms with van der Waals surface area (Å²) in [5, 5.41) is 8.40. The smallest absolute Gasteiger partial charge is 0.0523 e. The third-order valence-electron chi connectivity index (χ3n) is 4.19. The summed E-state index contributed by atoms with van der Waals surface area (Å²) in [6.45, 7) is 4.47. The van der Waals surface area contributed by atoms with E-state index in [-0.39, 0.29) is 0 Å². The molecule has 1 aromatic carbocycles. The first-order valence-corrected chi connectivity index (χ1v) is 7.29. The lowest BCUT2D eigenvalue weighted by Gasteiger charge is -2.23. The zero-order valence-electron chi connectivity index (χ0n) is 11.7. The van der Waals surface area contributed by atoms with Crippen molar-refractivity contribution in [3.63, 3.8) is 0 Å². The largest absolute Gasteiger partial charge is 0.350 e. The molecule has 0 atom stereocenters. The van der Waals surface area contributed by atoms with Gasteiger partial charge in [-0.2, -0.15) is 0 Å². The van der Waals surface area contributed by atoms with Crippen molar-refractivity contribution in [1.82, 2.24) is 15.2 Å². The zero-order valence-corrected chi connectivity index (χ0v) is 11.7. The van der Waals surface area contributed by atoms with E-state index in [1.165, 1.54) is 42.4 Å². The van der Waals surface area contributed by atoms with Gasteiger partial charge in [-0.25, -0.2) is 0 Å². The summed E-state index contributed by atoms with van der Waals surface area (Å²) in [4.78, 5) is 0. The molecule has 1 fully saturated rings. The average molecular weight is 257 g/mol. The molecule has 2 heterocycles. The lowest BCUT2D eigenvalue weighted by atomic mass is 9.98. The van der Waals surface area contributed by atoms with Crippen molar-refractivity contribution in [2.45, 2.75) is 19.4 Å². The summed E-state index contributed by atoms with van der Waals surface area (Å²) in [5.74, 6) is 0.842. The van der Waals surface area contributed by atoms with Gasteiger partial charge < -0.3 is 15.2 Å². The van der Waals surface area contributed by atoms with Crippen LogP contribution in [0.25, 0.3) is 10.9 Å². The average Bonchev–Trinajstić information content (AvgIpc) is 2.83. The van der Waals surface area contributed by atoms with E-state index in [2.05, 4.69) is 52.7 Å². The van der Waals surface area contributed by atoms with Crippen molar-refractivity contribution in [3.8, 4) is 0 Å². The lowest BCUT2D eigenvalue weighted by Crippen LogP contribution is -2.33. The standard InChI is InChI=1S/C16H23N3/c1-19-10-7-14-3-2-4-15(16(14)19)12-18-11-13-5-8-17-9-6-13/h2-4,7,10,13,17-18H,5-6,8-9,11-12H2,1H3. The van der Waals surface area contributed by atoms with Crippen LogP contribution in [-0.2, 0) is 13.6 Å². The van der Waals surface area contributed by atoms with Crippen molar-refractivity contribution < 1.29 is 0 Å². The molecule has 2 N–H and O–H groups in total. The van der Waals surface area contributed by atoms with Crippen LogP contribution in [0.4, 0.5) is 0 Å². The molecule has 0 spiro atoms. The first kappa shape index (κ1) is 12.7. The molecule has 0 radical (unpaired) electrons. The van der Waals surface area contributed by atoms with Gasteiger partial charge in [0.15, 0.2) is 0 Å². The van der Waals surface area contributed by atoms with Gasteiger partial charge in [-0.1, -0.05) is 18.2 Å². The first-order valence-electron chi connectivity index (χ1n) is 7.29. The maximum absolute atomic E-state index is 3.64. The Morgan fingerprint density at radius 3 is 2.95 bits per heavy atom. The Hall–Kier alpha value is -1.32. The molecule has 3 rings (SSSR count). The van der Waals surface area contributed by atoms with Crippen LogP contribution in [0.15, 0.2) is 30.5 Å². The summed E-state index contributed by atoms with van der Waals surface area (Å²) in [5.41, 5.74) is 2.76. The van der Waals surface area contributed by atoms with Gasteiger partial charge in [-0.05, 0) is 55.4 Å². The number of rotatable bonds is 4. The second-order valence-corrected chi connectivity index (χ2v) is 5.61. The third-order valence-corrected chi connectivity index (χ3v) is 4.19. The number of benzene rings is 1. The summed E-state index contributed by atoms with van der Waals surface area (Å²) < 4.78 is 2.22. The fourth-order valence-corrected chi connectivity index (χ4v) is 3.08. The van der Waals surface area contributed by atoms with Crippen LogP contribution >= 0.6 is 0 Å². The van der Waals surface area contributed by atoms with E-state index < -0.39 is 0 Å². The van der Waals surface area contributed by atoms with Crippen LogP contribution in [0.2, 0.25) is 0 Å². The highest BCUT2D eigenvalue weighted by molar-refractivity contribution is 5.83. The van der Waals surface area contributed by atoms with E-state index in [0.29, 0.717) is 0 Å². The summed E-state index contributed by atoms with van der Waals surface area (Å²) in [6.07, 6.45) is 4.75. The van der Waals surface area contributed by atoms with Crippen LogP contribution < -0.4 is 10.6 Å². The minimum absolute atomic E-state index is 0.842. The first-order chi connectivity index (χ1) is 9.34. The second kappa shape index (κ2) is 5.76. The molecule has 0 unspecified atom stereocenters. The minimum Gasteiger partial charge on any atom is -0.350 e. The predicted molar refractivity (Wildman–Crippen MR) is 80.2 cm³/mol. The highest BCUT2D eigenvalue weighted by Crippen LogP contribution is 2.19. The Bertz CT molecular complexity index is 538. The quantitative estimate of drug-likeness (QED) is 0.880. The van der Waals surface area contributed by atoms with E-state index in [1.807, 2.05) is 0 Å². The van der Waals surface area contributed by atoms with E-state index >= 15 is 0 Å². The van der Waals surface area contributed by atoms with E-state index in [1.54, 1.807) is 0 Å². The topological polar surface area (TPSA) is 29.0 Å². The Balaban J connectivity index is 1.63. The van der Waals surface area contributed by atoms with Crippen LogP contribution in [0.5, 0.6) is 0 Å². The van der Waals surface area contributed by atoms with Crippen molar-refractivity contribution in [2.24, 2.45) is 13.0 Å². The van der Waals surface area contributed by atoms with Crippen molar-refractivity contribution in [3.05, 3.63) is 36.0 Å². The number of hydrogen-bond donors (Lipinski definition) is 2. The molecule has 1 aromatic heterocycles. The van der Waals surface area contributed by atoms with Gasteiger partial charge in [0.2, 0.25) is 0 Å². The van der Waals surface area contributed by atoms with Crippen molar-refractivity contribution in [1.29, 1.82) is 0 Å². The molecule has 2 aromatic rings. The number of para-hydroxylation sites is 1. The van der Waals surface area contributed by atoms with Gasteiger partial charge >= 0.3 is 0 Å². The molecular weight excluding hydrogens is 234 g/mol. The van der Waals surface area contributed by atoms with Crippen LogP contribution in [0.1, 0.15) is 18.4 Å². The molecule has 3 nitrogen and oxygen atoms in total. The van der Waals surface area contributed by atoms with Crippen LogP contribution in [0, 0.1) is 5.92 Å². The molecule has 0 saturated carbocycles. The summed E-state index contributed by atoms with van der Waals surface area (Å²) >= 11 is 0. The SMILES string of the molecule is Cn1ccc2cccc(CNCC3CCNCC3)c21. The molecule has 3 heteroatoms. The Morgan fingerprint density at radius 2 is 2.11 bits per heavy atom. The highest BCUT2D eigenvalue weighted by atomic mass is 14.9. The molecule has 19 heavy (non-hydrogen) atoms. The molecule has 1 aliphatic rings. The molecular formula is C16H23N3. The van der Waals surface area contributed by atoms with Gasteiger partial charge in [0.1, 0.15) is 0 Å². The molecule has 1 aliphatic heterocycles. The van der Waals surface area contributed by atoms with Gasteiger partial charge in [-0.3, -0.25) is 0 Å². The summed E-state index contributed by atoms with van der Waals surface area (Å²) in [7, 11) is 2.12.